The Kier molecular flexibility index (Phi) is 4.07. The lowest BCUT2D eigenvalue weighted by Crippen LogP contribution is -2.16. The van der Waals surface area contributed by atoms with Crippen LogP contribution in [0.15, 0.2) is 30.3 Å². The first-order chi connectivity index (χ1) is 9.18. The highest BCUT2D eigenvalue weighted by molar-refractivity contribution is 5.69. The van der Waals surface area contributed by atoms with Crippen molar-refractivity contribution in [3.8, 4) is 5.69 Å². The summed E-state index contributed by atoms with van der Waals surface area (Å²) in [6, 6.07) is 9.49. The fourth-order valence-corrected chi connectivity index (χ4v) is 1.56. The van der Waals surface area contributed by atoms with E-state index in [-0.39, 0.29) is 0 Å². The molecule has 1 aromatic carbocycles. The molecule has 0 spiro atoms. The van der Waals surface area contributed by atoms with Crippen molar-refractivity contribution in [2.45, 2.75) is 13.3 Å². The number of carbonyl (C=O) groups is 1. The summed E-state index contributed by atoms with van der Waals surface area (Å²) < 4.78 is 1.57. The van der Waals surface area contributed by atoms with Gasteiger partial charge in [0.1, 0.15) is 0 Å². The quantitative estimate of drug-likeness (QED) is 0.811. The number of tetrazole rings is 1. The summed E-state index contributed by atoms with van der Waals surface area (Å²) >= 11 is 0. The zero-order chi connectivity index (χ0) is 13.7. The standard InChI is InChI=1S/C12H15N5O2/c1-9(11(18)19)7-8-13-12-14-15-16-17(12)10-5-3-2-4-6-10/h2-6,9H,7-8H2,1H3,(H,18,19)(H,13,14,16). The molecule has 0 saturated heterocycles. The Balaban J connectivity index is 1.99. The summed E-state index contributed by atoms with van der Waals surface area (Å²) in [5.74, 6) is -0.693. The number of benzene rings is 1. The smallest absolute Gasteiger partial charge is 0.306 e. The Hall–Kier alpha value is -2.44. The average Bonchev–Trinajstić information content (AvgIpc) is 2.88. The first-order valence-corrected chi connectivity index (χ1v) is 5.99. The van der Waals surface area contributed by atoms with E-state index in [2.05, 4.69) is 20.8 Å². The van der Waals surface area contributed by atoms with Crippen LogP contribution in [0.1, 0.15) is 13.3 Å². The van der Waals surface area contributed by atoms with Gasteiger partial charge in [0.05, 0.1) is 11.6 Å². The van der Waals surface area contributed by atoms with E-state index in [0.717, 1.165) is 5.69 Å². The molecule has 2 rings (SSSR count). The Bertz CT molecular complexity index is 540. The molecular formula is C12H15N5O2. The molecule has 1 heterocycles. The third-order valence-electron chi connectivity index (χ3n) is 2.75. The van der Waals surface area contributed by atoms with Crippen LogP contribution in [0.25, 0.3) is 5.69 Å². The summed E-state index contributed by atoms with van der Waals surface area (Å²) in [4.78, 5) is 10.7. The van der Waals surface area contributed by atoms with Gasteiger partial charge in [0, 0.05) is 6.54 Å². The number of carboxylic acid groups (broad SMARTS) is 1. The first-order valence-electron chi connectivity index (χ1n) is 5.99. The SMILES string of the molecule is CC(CCNc1nnnn1-c1ccccc1)C(=O)O. The van der Waals surface area contributed by atoms with E-state index in [9.17, 15) is 4.79 Å². The van der Waals surface area contributed by atoms with Crippen LogP contribution in [0.4, 0.5) is 5.95 Å². The fraction of sp³-hybridized carbons (Fsp3) is 0.333. The second-order valence-corrected chi connectivity index (χ2v) is 4.20. The maximum absolute atomic E-state index is 10.7. The van der Waals surface area contributed by atoms with Gasteiger partial charge in [-0.05, 0) is 29.0 Å². The topological polar surface area (TPSA) is 92.9 Å². The van der Waals surface area contributed by atoms with Crippen LogP contribution in [0.3, 0.4) is 0 Å². The molecule has 0 saturated carbocycles. The van der Waals surface area contributed by atoms with E-state index in [4.69, 9.17) is 5.11 Å². The summed E-state index contributed by atoms with van der Waals surface area (Å²) in [5.41, 5.74) is 0.848. The third-order valence-corrected chi connectivity index (χ3v) is 2.75. The average molecular weight is 261 g/mol. The summed E-state index contributed by atoms with van der Waals surface area (Å²) in [6.07, 6.45) is 0.511. The summed E-state index contributed by atoms with van der Waals surface area (Å²) in [6.45, 7) is 2.17. The maximum Gasteiger partial charge on any atom is 0.306 e. The maximum atomic E-state index is 10.7. The van der Waals surface area contributed by atoms with Gasteiger partial charge < -0.3 is 10.4 Å². The zero-order valence-electron chi connectivity index (χ0n) is 10.5. The van der Waals surface area contributed by atoms with Crippen molar-refractivity contribution in [3.05, 3.63) is 30.3 Å². The van der Waals surface area contributed by atoms with Crippen LogP contribution in [0.2, 0.25) is 0 Å². The first kappa shape index (κ1) is 13.0. The Morgan fingerprint density at radius 1 is 1.42 bits per heavy atom. The lowest BCUT2D eigenvalue weighted by molar-refractivity contribution is -0.141. The van der Waals surface area contributed by atoms with Crippen LogP contribution in [0, 0.1) is 5.92 Å². The van der Waals surface area contributed by atoms with Crippen molar-refractivity contribution >= 4 is 11.9 Å². The number of nitrogens with zero attached hydrogens (tertiary/aromatic N) is 4. The van der Waals surface area contributed by atoms with Gasteiger partial charge in [-0.2, -0.15) is 4.68 Å². The van der Waals surface area contributed by atoms with E-state index >= 15 is 0 Å². The zero-order valence-corrected chi connectivity index (χ0v) is 10.5. The number of carboxylic acids is 1. The van der Waals surface area contributed by atoms with Gasteiger partial charge in [0.25, 0.3) is 0 Å². The highest BCUT2D eigenvalue weighted by atomic mass is 16.4. The molecule has 0 radical (unpaired) electrons. The number of aromatic nitrogens is 4. The van der Waals surface area contributed by atoms with E-state index in [0.29, 0.717) is 18.9 Å². The highest BCUT2D eigenvalue weighted by Gasteiger charge is 2.12. The molecule has 0 aliphatic carbocycles. The minimum Gasteiger partial charge on any atom is -0.481 e. The van der Waals surface area contributed by atoms with Crippen molar-refractivity contribution in [3.63, 3.8) is 0 Å². The predicted octanol–water partition coefficient (Wildman–Crippen LogP) is 1.18. The van der Waals surface area contributed by atoms with Gasteiger partial charge in [-0.15, -0.1) is 0 Å². The summed E-state index contributed by atoms with van der Waals surface area (Å²) in [7, 11) is 0. The number of hydrogen-bond donors (Lipinski definition) is 2. The number of nitrogens with one attached hydrogen (secondary N) is 1. The molecule has 2 aromatic rings. The number of anilines is 1. The van der Waals surface area contributed by atoms with Crippen molar-refractivity contribution < 1.29 is 9.90 Å². The van der Waals surface area contributed by atoms with Gasteiger partial charge in [-0.25, -0.2) is 0 Å². The molecule has 0 amide bonds. The van der Waals surface area contributed by atoms with E-state index in [1.54, 1.807) is 11.6 Å². The Labute approximate surface area is 110 Å². The molecule has 19 heavy (non-hydrogen) atoms. The van der Waals surface area contributed by atoms with Gasteiger partial charge in [0.15, 0.2) is 0 Å². The molecule has 1 unspecified atom stereocenters. The Morgan fingerprint density at radius 3 is 2.84 bits per heavy atom. The predicted molar refractivity (Wildman–Crippen MR) is 69.1 cm³/mol. The van der Waals surface area contributed by atoms with Crippen LogP contribution in [-0.2, 0) is 4.79 Å². The van der Waals surface area contributed by atoms with Gasteiger partial charge >= 0.3 is 5.97 Å². The number of aliphatic carboxylic acids is 1. The van der Waals surface area contributed by atoms with Crippen LogP contribution >= 0.6 is 0 Å². The monoisotopic (exact) mass is 261 g/mol. The summed E-state index contributed by atoms with van der Waals surface area (Å²) in [5, 5.41) is 23.2. The van der Waals surface area contributed by atoms with E-state index < -0.39 is 11.9 Å². The van der Waals surface area contributed by atoms with Gasteiger partial charge in [-0.3, -0.25) is 4.79 Å². The number of hydrogen-bond acceptors (Lipinski definition) is 5. The molecule has 7 nitrogen and oxygen atoms in total. The Morgan fingerprint density at radius 2 is 2.16 bits per heavy atom. The van der Waals surface area contributed by atoms with Crippen LogP contribution in [-0.4, -0.2) is 37.8 Å². The van der Waals surface area contributed by atoms with Crippen molar-refractivity contribution in [1.29, 1.82) is 0 Å². The van der Waals surface area contributed by atoms with Crippen LogP contribution < -0.4 is 5.32 Å². The van der Waals surface area contributed by atoms with Crippen LogP contribution in [0.5, 0.6) is 0 Å². The molecule has 7 heteroatoms. The van der Waals surface area contributed by atoms with E-state index in [1.165, 1.54) is 0 Å². The van der Waals surface area contributed by atoms with E-state index in [1.807, 2.05) is 30.3 Å². The molecule has 0 fully saturated rings. The lowest BCUT2D eigenvalue weighted by atomic mass is 10.1. The normalized spacial score (nSPS) is 12.1. The van der Waals surface area contributed by atoms with Gasteiger partial charge in [0.2, 0.25) is 5.95 Å². The molecule has 100 valence electrons. The van der Waals surface area contributed by atoms with Crippen molar-refractivity contribution in [1.82, 2.24) is 20.2 Å². The molecule has 0 aliphatic heterocycles. The third kappa shape index (κ3) is 3.27. The molecule has 1 atom stereocenters. The minimum atomic E-state index is -0.801. The van der Waals surface area contributed by atoms with Crippen molar-refractivity contribution in [2.75, 3.05) is 11.9 Å². The highest BCUT2D eigenvalue weighted by Crippen LogP contribution is 2.11. The fourth-order valence-electron chi connectivity index (χ4n) is 1.56. The second kappa shape index (κ2) is 5.94. The number of rotatable bonds is 6. The molecular weight excluding hydrogens is 246 g/mol. The second-order valence-electron chi connectivity index (χ2n) is 4.20. The number of para-hydroxylation sites is 1. The largest absolute Gasteiger partial charge is 0.481 e. The minimum absolute atomic E-state index is 0.395. The van der Waals surface area contributed by atoms with Crippen molar-refractivity contribution in [2.24, 2.45) is 5.92 Å². The molecule has 2 N–H and O–H groups in total. The molecule has 0 bridgehead atoms. The van der Waals surface area contributed by atoms with Gasteiger partial charge in [-0.1, -0.05) is 30.2 Å². The molecule has 1 aromatic heterocycles. The lowest BCUT2D eigenvalue weighted by Gasteiger charge is -2.08. The molecule has 0 aliphatic rings.